The fraction of sp³-hybridized carbons (Fsp3) is 0.381. The molecule has 3 aliphatic rings. The van der Waals surface area contributed by atoms with Gasteiger partial charge in [-0.3, -0.25) is 19.0 Å². The van der Waals surface area contributed by atoms with E-state index in [2.05, 4.69) is 0 Å². The number of carbonyl (C=O) groups excluding carboxylic acids is 2. The summed E-state index contributed by atoms with van der Waals surface area (Å²) in [5, 5.41) is 10.6. The number of hydrogen-bond acceptors (Lipinski definition) is 4. The largest absolute Gasteiger partial charge is 0.502 e. The van der Waals surface area contributed by atoms with Crippen LogP contribution in [-0.4, -0.2) is 44.9 Å². The Labute approximate surface area is 176 Å². The fourth-order valence-corrected chi connectivity index (χ4v) is 5.07. The zero-order valence-electron chi connectivity index (χ0n) is 16.2. The van der Waals surface area contributed by atoms with Gasteiger partial charge in [0.2, 0.25) is 0 Å². The quantitative estimate of drug-likeness (QED) is 0.791. The SMILES string of the molecule is CN1C(=O)c2c3c(c(O)c(=O)n2C12CCC2)C(=O)N(Cc1ccc(F)c(Cl)c1)CC3. The first-order valence-electron chi connectivity index (χ1n) is 9.79. The Morgan fingerprint density at radius 1 is 1.20 bits per heavy atom. The van der Waals surface area contributed by atoms with Crippen LogP contribution >= 0.6 is 11.6 Å². The number of amides is 2. The zero-order chi connectivity index (χ0) is 21.4. The van der Waals surface area contributed by atoms with Crippen molar-refractivity contribution < 1.29 is 19.1 Å². The predicted molar refractivity (Wildman–Crippen MR) is 106 cm³/mol. The number of aromatic nitrogens is 1. The Kier molecular flexibility index (Phi) is 4.02. The highest BCUT2D eigenvalue weighted by molar-refractivity contribution is 6.30. The van der Waals surface area contributed by atoms with E-state index < -0.39 is 28.7 Å². The lowest BCUT2D eigenvalue weighted by atomic mass is 9.84. The first-order valence-corrected chi connectivity index (χ1v) is 10.2. The first kappa shape index (κ1) is 19.1. The number of fused-ring (bicyclic) bond motifs is 4. The molecular weight excluding hydrogens is 413 g/mol. The molecule has 1 saturated carbocycles. The molecule has 1 spiro atoms. The summed E-state index contributed by atoms with van der Waals surface area (Å²) < 4.78 is 14.8. The molecule has 0 unspecified atom stereocenters. The Morgan fingerprint density at radius 2 is 1.93 bits per heavy atom. The molecule has 156 valence electrons. The van der Waals surface area contributed by atoms with Gasteiger partial charge >= 0.3 is 0 Å². The summed E-state index contributed by atoms with van der Waals surface area (Å²) in [6, 6.07) is 4.19. The molecule has 2 aliphatic heterocycles. The summed E-state index contributed by atoms with van der Waals surface area (Å²) >= 11 is 5.83. The van der Waals surface area contributed by atoms with Gasteiger partial charge in [-0.05, 0) is 43.4 Å². The van der Waals surface area contributed by atoms with Crippen LogP contribution in [-0.2, 0) is 18.6 Å². The van der Waals surface area contributed by atoms with Crippen LogP contribution in [0.1, 0.15) is 51.2 Å². The lowest BCUT2D eigenvalue weighted by Crippen LogP contribution is -2.53. The summed E-state index contributed by atoms with van der Waals surface area (Å²) in [5.41, 5.74) is -0.287. The van der Waals surface area contributed by atoms with Crippen LogP contribution < -0.4 is 5.56 Å². The Hall–Kier alpha value is -2.87. The maximum absolute atomic E-state index is 13.4. The van der Waals surface area contributed by atoms with Gasteiger partial charge in [0.1, 0.15) is 17.2 Å². The van der Waals surface area contributed by atoms with Gasteiger partial charge in [0, 0.05) is 25.7 Å². The van der Waals surface area contributed by atoms with Crippen LogP contribution in [0.3, 0.4) is 0 Å². The number of halogens is 2. The minimum absolute atomic E-state index is 0.0456. The van der Waals surface area contributed by atoms with Gasteiger partial charge in [0.25, 0.3) is 17.4 Å². The lowest BCUT2D eigenvalue weighted by Gasteiger charge is -2.44. The second kappa shape index (κ2) is 6.31. The first-order chi connectivity index (χ1) is 14.3. The highest BCUT2D eigenvalue weighted by Crippen LogP contribution is 2.47. The molecule has 2 amide bonds. The van der Waals surface area contributed by atoms with Gasteiger partial charge in [-0.1, -0.05) is 17.7 Å². The molecule has 0 atom stereocenters. The smallest absolute Gasteiger partial charge is 0.296 e. The van der Waals surface area contributed by atoms with Crippen LogP contribution in [0.15, 0.2) is 23.0 Å². The van der Waals surface area contributed by atoms with Crippen LogP contribution in [0.25, 0.3) is 0 Å². The van der Waals surface area contributed by atoms with Crippen molar-refractivity contribution in [3.05, 3.63) is 61.8 Å². The molecule has 0 radical (unpaired) electrons. The van der Waals surface area contributed by atoms with E-state index in [0.29, 0.717) is 36.9 Å². The Balaban J connectivity index is 1.59. The second-order valence-corrected chi connectivity index (χ2v) is 8.52. The molecule has 5 rings (SSSR count). The molecule has 2 aromatic rings. The number of rotatable bonds is 2. The molecule has 1 aromatic heterocycles. The monoisotopic (exact) mass is 431 g/mol. The summed E-state index contributed by atoms with van der Waals surface area (Å²) in [7, 11) is 1.66. The van der Waals surface area contributed by atoms with E-state index in [-0.39, 0.29) is 28.7 Å². The topological polar surface area (TPSA) is 82.9 Å². The zero-order valence-corrected chi connectivity index (χ0v) is 17.0. The van der Waals surface area contributed by atoms with Crippen LogP contribution in [0.2, 0.25) is 5.02 Å². The van der Waals surface area contributed by atoms with Gasteiger partial charge in [0.05, 0.1) is 10.6 Å². The van der Waals surface area contributed by atoms with Crippen LogP contribution in [0, 0.1) is 5.82 Å². The van der Waals surface area contributed by atoms with Gasteiger partial charge in [0.15, 0.2) is 5.75 Å². The van der Waals surface area contributed by atoms with Crippen molar-refractivity contribution in [3.8, 4) is 5.75 Å². The summed E-state index contributed by atoms with van der Waals surface area (Å²) in [6.07, 6.45) is 2.50. The number of nitrogens with zero attached hydrogens (tertiary/aromatic N) is 3. The van der Waals surface area contributed by atoms with Gasteiger partial charge in [-0.15, -0.1) is 0 Å². The van der Waals surface area contributed by atoms with E-state index >= 15 is 0 Å². The van der Waals surface area contributed by atoms with Gasteiger partial charge in [-0.2, -0.15) is 0 Å². The fourth-order valence-electron chi connectivity index (χ4n) is 4.87. The van der Waals surface area contributed by atoms with E-state index in [4.69, 9.17) is 11.6 Å². The van der Waals surface area contributed by atoms with Gasteiger partial charge in [-0.25, -0.2) is 4.39 Å². The van der Waals surface area contributed by atoms with Crippen molar-refractivity contribution in [2.75, 3.05) is 13.6 Å². The predicted octanol–water partition coefficient (Wildman–Crippen LogP) is 2.47. The average molecular weight is 432 g/mol. The minimum Gasteiger partial charge on any atom is -0.502 e. The van der Waals surface area contributed by atoms with E-state index in [1.165, 1.54) is 27.7 Å². The van der Waals surface area contributed by atoms with Crippen LogP contribution in [0.4, 0.5) is 4.39 Å². The molecule has 1 fully saturated rings. The minimum atomic E-state index is -0.735. The molecule has 1 aromatic carbocycles. The molecule has 30 heavy (non-hydrogen) atoms. The van der Waals surface area contributed by atoms with Crippen molar-refractivity contribution in [3.63, 3.8) is 0 Å². The molecule has 0 saturated heterocycles. The number of aromatic hydroxyl groups is 1. The Morgan fingerprint density at radius 3 is 2.57 bits per heavy atom. The molecule has 0 bridgehead atoms. The second-order valence-electron chi connectivity index (χ2n) is 8.12. The van der Waals surface area contributed by atoms with Crippen molar-refractivity contribution >= 4 is 23.4 Å². The molecule has 1 aliphatic carbocycles. The van der Waals surface area contributed by atoms with Crippen molar-refractivity contribution in [2.45, 2.75) is 37.9 Å². The van der Waals surface area contributed by atoms with Crippen molar-refractivity contribution in [1.82, 2.24) is 14.4 Å². The normalized spacial score (nSPS) is 19.2. The molecular formula is C21H19ClFN3O4. The molecule has 1 N–H and O–H groups in total. The number of hydrogen-bond donors (Lipinski definition) is 1. The Bertz CT molecular complexity index is 1190. The molecule has 9 heteroatoms. The van der Waals surface area contributed by atoms with E-state index in [1.54, 1.807) is 11.9 Å². The summed E-state index contributed by atoms with van der Waals surface area (Å²) in [4.78, 5) is 42.2. The third-order valence-corrected chi connectivity index (χ3v) is 6.94. The molecule has 3 heterocycles. The number of pyridine rings is 1. The highest BCUT2D eigenvalue weighted by Gasteiger charge is 2.54. The maximum atomic E-state index is 13.4. The molecule has 7 nitrogen and oxygen atoms in total. The lowest BCUT2D eigenvalue weighted by molar-refractivity contribution is -0.00161. The standard InChI is InChI=1S/C21H19ClFN3O4/c1-24-19(29)16-12-5-8-25(10-11-3-4-14(23)13(22)9-11)18(28)15(12)17(27)20(30)26(16)21(24)6-2-7-21/h3-4,9,27H,2,5-8,10H2,1H3. The summed E-state index contributed by atoms with van der Waals surface area (Å²) in [6.45, 7) is 0.448. The number of benzene rings is 1. The maximum Gasteiger partial charge on any atom is 0.296 e. The van der Waals surface area contributed by atoms with Crippen molar-refractivity contribution in [1.29, 1.82) is 0 Å². The highest BCUT2D eigenvalue weighted by atomic mass is 35.5. The van der Waals surface area contributed by atoms with E-state index in [0.717, 1.165) is 6.42 Å². The summed E-state index contributed by atoms with van der Waals surface area (Å²) in [5.74, 6) is -1.99. The average Bonchev–Trinajstić information content (AvgIpc) is 2.92. The third-order valence-electron chi connectivity index (χ3n) is 6.65. The van der Waals surface area contributed by atoms with Gasteiger partial charge < -0.3 is 14.9 Å². The van der Waals surface area contributed by atoms with Crippen LogP contribution in [0.5, 0.6) is 5.75 Å². The van der Waals surface area contributed by atoms with E-state index in [1.807, 2.05) is 0 Å². The third kappa shape index (κ3) is 2.34. The van der Waals surface area contributed by atoms with Crippen molar-refractivity contribution in [2.24, 2.45) is 0 Å². The number of carbonyl (C=O) groups is 2. The van der Waals surface area contributed by atoms with E-state index in [9.17, 15) is 23.9 Å².